The predicted octanol–water partition coefficient (Wildman–Crippen LogP) is 0.425. The maximum atomic E-state index is 11.6. The van der Waals surface area contributed by atoms with Crippen LogP contribution in [0, 0.1) is 0 Å². The van der Waals surface area contributed by atoms with Gasteiger partial charge in [-0.25, -0.2) is 4.68 Å². The molecule has 1 aromatic carbocycles. The molecule has 0 aliphatic heterocycles. The van der Waals surface area contributed by atoms with Gasteiger partial charge in [0.25, 0.3) is 0 Å². The first kappa shape index (κ1) is 13.2. The van der Waals surface area contributed by atoms with Crippen molar-refractivity contribution >= 4 is 11.6 Å². The van der Waals surface area contributed by atoms with E-state index in [9.17, 15) is 4.79 Å². The van der Waals surface area contributed by atoms with E-state index in [0.29, 0.717) is 12.4 Å². The molecule has 0 radical (unpaired) electrons. The van der Waals surface area contributed by atoms with E-state index in [2.05, 4.69) is 26.2 Å². The molecule has 0 aliphatic carbocycles. The van der Waals surface area contributed by atoms with Crippen LogP contribution >= 0.6 is 0 Å². The van der Waals surface area contributed by atoms with Crippen LogP contribution in [0.1, 0.15) is 6.92 Å². The van der Waals surface area contributed by atoms with Crippen molar-refractivity contribution in [2.75, 3.05) is 18.4 Å². The van der Waals surface area contributed by atoms with Crippen LogP contribution in [0.15, 0.2) is 24.3 Å². The Hall–Kier alpha value is -2.28. The quantitative estimate of drug-likeness (QED) is 0.814. The fourth-order valence-electron chi connectivity index (χ4n) is 1.65. The maximum absolute atomic E-state index is 11.6. The van der Waals surface area contributed by atoms with Gasteiger partial charge in [0.1, 0.15) is 0 Å². The van der Waals surface area contributed by atoms with Crippen molar-refractivity contribution in [3.05, 3.63) is 24.3 Å². The van der Waals surface area contributed by atoms with Crippen molar-refractivity contribution < 1.29 is 4.79 Å². The topological polar surface area (TPSA) is 84.7 Å². The Morgan fingerprint density at radius 3 is 2.95 bits per heavy atom. The predicted molar refractivity (Wildman–Crippen MR) is 71.4 cm³/mol. The summed E-state index contributed by atoms with van der Waals surface area (Å²) in [4.78, 5) is 11.6. The van der Waals surface area contributed by atoms with Crippen LogP contribution in [0.4, 0.5) is 5.69 Å². The molecule has 1 aromatic heterocycles. The van der Waals surface area contributed by atoms with Crippen molar-refractivity contribution in [3.8, 4) is 11.4 Å². The maximum Gasteiger partial charge on any atom is 0.238 e. The summed E-state index contributed by atoms with van der Waals surface area (Å²) in [7, 11) is 1.77. The van der Waals surface area contributed by atoms with E-state index in [1.807, 2.05) is 31.2 Å². The van der Waals surface area contributed by atoms with Gasteiger partial charge in [-0.2, -0.15) is 0 Å². The van der Waals surface area contributed by atoms with Gasteiger partial charge in [0.15, 0.2) is 5.82 Å². The molecule has 100 valence electrons. The number of likely N-dealkylation sites (N-methyl/N-ethyl adjacent to an activating group) is 1. The van der Waals surface area contributed by atoms with E-state index in [1.54, 1.807) is 11.7 Å². The molecule has 7 heteroatoms. The molecule has 0 atom stereocenters. The number of hydrogen-bond donors (Lipinski definition) is 2. The number of aryl methyl sites for hydroxylation is 1. The number of anilines is 1. The summed E-state index contributed by atoms with van der Waals surface area (Å²) >= 11 is 0. The average molecular weight is 260 g/mol. The highest BCUT2D eigenvalue weighted by Crippen LogP contribution is 2.19. The van der Waals surface area contributed by atoms with Gasteiger partial charge >= 0.3 is 0 Å². The number of aromatic nitrogens is 4. The summed E-state index contributed by atoms with van der Waals surface area (Å²) in [6.45, 7) is 3.01. The number of tetrazole rings is 1. The third-order valence-corrected chi connectivity index (χ3v) is 2.56. The van der Waals surface area contributed by atoms with E-state index in [4.69, 9.17) is 0 Å². The van der Waals surface area contributed by atoms with E-state index in [1.165, 1.54) is 0 Å². The van der Waals surface area contributed by atoms with Gasteiger partial charge in [-0.3, -0.25) is 4.79 Å². The van der Waals surface area contributed by atoms with Crippen LogP contribution in [0.2, 0.25) is 0 Å². The second-order valence-electron chi connectivity index (χ2n) is 4.04. The number of carbonyl (C=O) groups is 1. The molecule has 0 unspecified atom stereocenters. The van der Waals surface area contributed by atoms with Gasteiger partial charge in [-0.1, -0.05) is 19.1 Å². The molecule has 19 heavy (non-hydrogen) atoms. The first-order chi connectivity index (χ1) is 9.20. The number of amides is 1. The molecule has 2 rings (SSSR count). The van der Waals surface area contributed by atoms with Gasteiger partial charge in [-0.05, 0) is 29.1 Å². The highest BCUT2D eigenvalue weighted by molar-refractivity contribution is 5.92. The molecule has 0 spiro atoms. The Bertz CT molecular complexity index is 565. The molecule has 0 saturated heterocycles. The Kier molecular flexibility index (Phi) is 4.19. The van der Waals surface area contributed by atoms with Crippen LogP contribution < -0.4 is 10.6 Å². The molecular formula is C12H16N6O. The molecule has 0 aliphatic rings. The minimum atomic E-state index is -0.0740. The Labute approximate surface area is 111 Å². The normalized spacial score (nSPS) is 10.4. The fourth-order valence-corrected chi connectivity index (χ4v) is 1.65. The monoisotopic (exact) mass is 260 g/mol. The lowest BCUT2D eigenvalue weighted by atomic mass is 10.2. The van der Waals surface area contributed by atoms with Gasteiger partial charge in [0, 0.05) is 18.3 Å². The molecule has 0 fully saturated rings. The van der Waals surface area contributed by atoms with Crippen molar-refractivity contribution in [1.29, 1.82) is 0 Å². The van der Waals surface area contributed by atoms with E-state index in [-0.39, 0.29) is 5.91 Å². The number of carbonyl (C=O) groups excluding carboxylic acids is 1. The fraction of sp³-hybridized carbons (Fsp3) is 0.333. The SMILES string of the molecule is CCNCC(=O)Nc1cccc(-c2nnnn2C)c1. The van der Waals surface area contributed by atoms with Gasteiger partial charge in [-0.15, -0.1) is 5.10 Å². The van der Waals surface area contributed by atoms with Gasteiger partial charge < -0.3 is 10.6 Å². The highest BCUT2D eigenvalue weighted by Gasteiger charge is 2.07. The smallest absolute Gasteiger partial charge is 0.238 e. The third kappa shape index (κ3) is 3.35. The van der Waals surface area contributed by atoms with E-state index < -0.39 is 0 Å². The zero-order valence-corrected chi connectivity index (χ0v) is 10.9. The number of hydrogen-bond acceptors (Lipinski definition) is 5. The van der Waals surface area contributed by atoms with Crippen LogP contribution in [-0.2, 0) is 11.8 Å². The Balaban J connectivity index is 2.12. The lowest BCUT2D eigenvalue weighted by Crippen LogP contribution is -2.27. The Morgan fingerprint density at radius 2 is 2.26 bits per heavy atom. The van der Waals surface area contributed by atoms with Gasteiger partial charge in [0.05, 0.1) is 6.54 Å². The second kappa shape index (κ2) is 6.05. The summed E-state index contributed by atoms with van der Waals surface area (Å²) in [5, 5.41) is 17.1. The largest absolute Gasteiger partial charge is 0.325 e. The molecule has 2 aromatic rings. The molecule has 7 nitrogen and oxygen atoms in total. The van der Waals surface area contributed by atoms with E-state index in [0.717, 1.165) is 17.8 Å². The van der Waals surface area contributed by atoms with Crippen molar-refractivity contribution in [3.63, 3.8) is 0 Å². The zero-order chi connectivity index (χ0) is 13.7. The third-order valence-electron chi connectivity index (χ3n) is 2.56. The molecule has 1 amide bonds. The van der Waals surface area contributed by atoms with E-state index >= 15 is 0 Å². The minimum Gasteiger partial charge on any atom is -0.325 e. The average Bonchev–Trinajstić information content (AvgIpc) is 2.83. The van der Waals surface area contributed by atoms with Gasteiger partial charge in [0.2, 0.25) is 5.91 Å². The summed E-state index contributed by atoms with van der Waals surface area (Å²) in [6.07, 6.45) is 0. The first-order valence-corrected chi connectivity index (χ1v) is 6.04. The second-order valence-corrected chi connectivity index (χ2v) is 4.04. The highest BCUT2D eigenvalue weighted by atomic mass is 16.1. The van der Waals surface area contributed by atoms with Crippen LogP contribution in [0.5, 0.6) is 0 Å². The standard InChI is InChI=1S/C12H16N6O/c1-3-13-8-11(19)14-10-6-4-5-9(7-10)12-15-16-17-18(12)2/h4-7,13H,3,8H2,1-2H3,(H,14,19). The molecule has 2 N–H and O–H groups in total. The molecule has 0 bridgehead atoms. The van der Waals surface area contributed by atoms with Crippen molar-refractivity contribution in [2.45, 2.75) is 6.92 Å². The summed E-state index contributed by atoms with van der Waals surface area (Å²) < 4.78 is 1.58. The Morgan fingerprint density at radius 1 is 1.42 bits per heavy atom. The number of nitrogens with one attached hydrogen (secondary N) is 2. The number of benzene rings is 1. The summed E-state index contributed by atoms with van der Waals surface area (Å²) in [6, 6.07) is 7.42. The van der Waals surface area contributed by atoms with Crippen LogP contribution in [0.3, 0.4) is 0 Å². The summed E-state index contributed by atoms with van der Waals surface area (Å²) in [5.74, 6) is 0.581. The molecule has 0 saturated carbocycles. The first-order valence-electron chi connectivity index (χ1n) is 6.04. The lowest BCUT2D eigenvalue weighted by molar-refractivity contribution is -0.115. The van der Waals surface area contributed by atoms with Crippen LogP contribution in [0.25, 0.3) is 11.4 Å². The van der Waals surface area contributed by atoms with Crippen molar-refractivity contribution in [1.82, 2.24) is 25.5 Å². The summed E-state index contributed by atoms with van der Waals surface area (Å²) in [5.41, 5.74) is 1.58. The molecular weight excluding hydrogens is 244 g/mol. The molecule has 1 heterocycles. The minimum absolute atomic E-state index is 0.0740. The van der Waals surface area contributed by atoms with Crippen LogP contribution in [-0.4, -0.2) is 39.2 Å². The number of rotatable bonds is 5. The number of nitrogens with zero attached hydrogens (tertiary/aromatic N) is 4. The lowest BCUT2D eigenvalue weighted by Gasteiger charge is -2.07. The zero-order valence-electron chi connectivity index (χ0n) is 10.9. The van der Waals surface area contributed by atoms with Crippen molar-refractivity contribution in [2.24, 2.45) is 7.05 Å².